The van der Waals surface area contributed by atoms with Gasteiger partial charge in [-0.1, -0.05) is 32.0 Å². The molecule has 0 fully saturated rings. The maximum atomic E-state index is 11.8. The third kappa shape index (κ3) is 4.48. The van der Waals surface area contributed by atoms with E-state index in [4.69, 9.17) is 5.73 Å². The first-order valence-electron chi connectivity index (χ1n) is 7.75. The van der Waals surface area contributed by atoms with Crippen molar-refractivity contribution >= 4 is 17.6 Å². The molecule has 1 amide bonds. The Morgan fingerprint density at radius 2 is 1.77 bits per heavy atom. The molecule has 5 nitrogen and oxygen atoms in total. The van der Waals surface area contributed by atoms with Crippen LogP contribution in [0.2, 0.25) is 0 Å². The molecule has 0 aliphatic carbocycles. The zero-order chi connectivity index (χ0) is 16.8. The van der Waals surface area contributed by atoms with Crippen molar-refractivity contribution in [1.82, 2.24) is 5.32 Å². The molecular formula is C17H28N4O. The molecule has 0 spiro atoms. The van der Waals surface area contributed by atoms with Crippen LogP contribution in [0, 0.1) is 5.41 Å². The Hall–Kier alpha value is -2.04. The highest BCUT2D eigenvalue weighted by atomic mass is 16.2. The van der Waals surface area contributed by atoms with Gasteiger partial charge in [-0.3, -0.25) is 9.79 Å². The monoisotopic (exact) mass is 304 g/mol. The second kappa shape index (κ2) is 7.82. The van der Waals surface area contributed by atoms with Crippen LogP contribution < -0.4 is 16.4 Å². The number of nitrogens with zero attached hydrogens (tertiary/aromatic N) is 1. The molecule has 122 valence electrons. The highest BCUT2D eigenvalue weighted by molar-refractivity contribution is 5.94. The van der Waals surface area contributed by atoms with E-state index in [1.807, 2.05) is 13.8 Å². The minimum Gasteiger partial charge on any atom is -0.370 e. The third-order valence-electron chi connectivity index (χ3n) is 3.74. The van der Waals surface area contributed by atoms with Gasteiger partial charge in [0, 0.05) is 12.7 Å². The van der Waals surface area contributed by atoms with Crippen LogP contribution in [0.3, 0.4) is 0 Å². The van der Waals surface area contributed by atoms with Crippen molar-refractivity contribution in [1.29, 1.82) is 0 Å². The number of carbonyl (C=O) groups is 1. The number of aryl methyl sites for hydroxylation is 2. The number of amides is 1. The number of para-hydroxylation sites is 1. The molecule has 0 radical (unpaired) electrons. The summed E-state index contributed by atoms with van der Waals surface area (Å²) < 4.78 is 0. The second-order valence-corrected chi connectivity index (χ2v) is 5.95. The fourth-order valence-electron chi connectivity index (χ4n) is 2.26. The number of hydrogen-bond donors (Lipinski definition) is 3. The Labute approximate surface area is 133 Å². The minimum absolute atomic E-state index is 0.0488. The predicted molar refractivity (Wildman–Crippen MR) is 93.2 cm³/mol. The number of nitrogens with two attached hydrogens (primary N) is 1. The van der Waals surface area contributed by atoms with Gasteiger partial charge in [-0.25, -0.2) is 0 Å². The van der Waals surface area contributed by atoms with Crippen molar-refractivity contribution < 1.29 is 4.79 Å². The largest absolute Gasteiger partial charge is 0.370 e. The van der Waals surface area contributed by atoms with Crippen LogP contribution in [0.15, 0.2) is 23.2 Å². The summed E-state index contributed by atoms with van der Waals surface area (Å²) in [6.45, 7) is 8.26. The van der Waals surface area contributed by atoms with E-state index < -0.39 is 5.41 Å². The lowest BCUT2D eigenvalue weighted by atomic mass is 9.93. The number of benzene rings is 1. The molecule has 0 bridgehead atoms. The number of anilines is 1. The molecule has 22 heavy (non-hydrogen) atoms. The van der Waals surface area contributed by atoms with Gasteiger partial charge in [0.15, 0.2) is 5.96 Å². The summed E-state index contributed by atoms with van der Waals surface area (Å²) in [5.41, 5.74) is 8.88. The minimum atomic E-state index is -0.584. The highest BCUT2D eigenvalue weighted by Gasteiger charge is 2.26. The summed E-state index contributed by atoms with van der Waals surface area (Å²) in [5, 5.41) is 5.85. The highest BCUT2D eigenvalue weighted by Crippen LogP contribution is 2.22. The fraction of sp³-hybridized carbons (Fsp3) is 0.529. The zero-order valence-corrected chi connectivity index (χ0v) is 14.3. The van der Waals surface area contributed by atoms with Crippen molar-refractivity contribution in [2.75, 3.05) is 18.9 Å². The first-order valence-corrected chi connectivity index (χ1v) is 7.75. The quantitative estimate of drug-likeness (QED) is 0.557. The number of nitrogens with one attached hydrogen (secondary N) is 2. The summed E-state index contributed by atoms with van der Waals surface area (Å²) >= 11 is 0. The van der Waals surface area contributed by atoms with E-state index in [-0.39, 0.29) is 5.91 Å². The van der Waals surface area contributed by atoms with Gasteiger partial charge in [0.1, 0.15) is 0 Å². The molecule has 0 aliphatic rings. The Bertz CT molecular complexity index is 527. The van der Waals surface area contributed by atoms with Gasteiger partial charge in [-0.15, -0.1) is 0 Å². The Morgan fingerprint density at radius 1 is 1.23 bits per heavy atom. The Balaban J connectivity index is 2.91. The number of aliphatic imine (C=N–C) groups is 1. The van der Waals surface area contributed by atoms with Crippen LogP contribution in [0.25, 0.3) is 0 Å². The maximum absolute atomic E-state index is 11.8. The van der Waals surface area contributed by atoms with Crippen LogP contribution in [-0.4, -0.2) is 25.5 Å². The number of carbonyl (C=O) groups excluding carboxylic acids is 1. The molecule has 0 unspecified atom stereocenters. The van der Waals surface area contributed by atoms with E-state index >= 15 is 0 Å². The molecule has 1 aromatic rings. The lowest BCUT2D eigenvalue weighted by molar-refractivity contribution is -0.128. The molecule has 0 heterocycles. The van der Waals surface area contributed by atoms with E-state index in [1.54, 1.807) is 7.05 Å². The summed E-state index contributed by atoms with van der Waals surface area (Å²) in [5.74, 6) is 0.292. The summed E-state index contributed by atoms with van der Waals surface area (Å²) in [6, 6.07) is 6.23. The molecule has 0 saturated carbocycles. The molecular weight excluding hydrogens is 276 g/mol. The molecule has 1 rings (SSSR count). The zero-order valence-electron chi connectivity index (χ0n) is 14.3. The van der Waals surface area contributed by atoms with Crippen molar-refractivity contribution in [2.45, 2.75) is 40.5 Å². The maximum Gasteiger partial charge on any atom is 0.227 e. The van der Waals surface area contributed by atoms with E-state index in [2.05, 4.69) is 47.7 Å². The predicted octanol–water partition coefficient (Wildman–Crippen LogP) is 2.31. The number of hydrogen-bond acceptors (Lipinski definition) is 2. The smallest absolute Gasteiger partial charge is 0.227 e. The van der Waals surface area contributed by atoms with Gasteiger partial charge in [-0.05, 0) is 37.8 Å². The average Bonchev–Trinajstić information content (AvgIpc) is 2.52. The summed E-state index contributed by atoms with van der Waals surface area (Å²) in [7, 11) is 1.63. The third-order valence-corrected chi connectivity index (χ3v) is 3.74. The second-order valence-electron chi connectivity index (χ2n) is 5.95. The van der Waals surface area contributed by atoms with Crippen LogP contribution in [-0.2, 0) is 17.6 Å². The molecule has 4 N–H and O–H groups in total. The molecule has 0 aliphatic heterocycles. The molecule has 1 aromatic carbocycles. The number of rotatable bonds is 6. The van der Waals surface area contributed by atoms with E-state index in [0.717, 1.165) is 18.5 Å². The normalized spacial score (nSPS) is 12.1. The van der Waals surface area contributed by atoms with Crippen molar-refractivity contribution in [3.05, 3.63) is 29.3 Å². The van der Waals surface area contributed by atoms with Crippen LogP contribution in [0.5, 0.6) is 0 Å². The summed E-state index contributed by atoms with van der Waals surface area (Å²) in [4.78, 5) is 16.1. The van der Waals surface area contributed by atoms with E-state index in [0.29, 0.717) is 12.5 Å². The van der Waals surface area contributed by atoms with Crippen molar-refractivity contribution in [2.24, 2.45) is 16.1 Å². The molecule has 0 atom stereocenters. The SMILES string of the molecule is CCc1cccc(CC)c1NC(N)=NCC(C)(C)C(=O)NC. The van der Waals surface area contributed by atoms with E-state index in [9.17, 15) is 4.79 Å². The van der Waals surface area contributed by atoms with Gasteiger partial charge in [0.2, 0.25) is 5.91 Å². The van der Waals surface area contributed by atoms with Crippen molar-refractivity contribution in [3.8, 4) is 0 Å². The van der Waals surface area contributed by atoms with Gasteiger partial charge in [-0.2, -0.15) is 0 Å². The standard InChI is InChI=1S/C17H28N4O/c1-6-12-9-8-10-13(7-2)14(12)21-16(18)20-11-17(3,4)15(22)19-5/h8-10H,6-7,11H2,1-5H3,(H,19,22)(H3,18,20,21). The van der Waals surface area contributed by atoms with Crippen LogP contribution >= 0.6 is 0 Å². The van der Waals surface area contributed by atoms with Crippen LogP contribution in [0.4, 0.5) is 5.69 Å². The van der Waals surface area contributed by atoms with Crippen LogP contribution in [0.1, 0.15) is 38.8 Å². The van der Waals surface area contributed by atoms with E-state index in [1.165, 1.54) is 11.1 Å². The van der Waals surface area contributed by atoms with Crippen molar-refractivity contribution in [3.63, 3.8) is 0 Å². The fourth-order valence-corrected chi connectivity index (χ4v) is 2.26. The number of guanidine groups is 1. The van der Waals surface area contributed by atoms with Gasteiger partial charge in [0.25, 0.3) is 0 Å². The summed E-state index contributed by atoms with van der Waals surface area (Å²) in [6.07, 6.45) is 1.85. The Morgan fingerprint density at radius 3 is 2.23 bits per heavy atom. The van der Waals surface area contributed by atoms with Gasteiger partial charge < -0.3 is 16.4 Å². The Kier molecular flexibility index (Phi) is 6.40. The first kappa shape index (κ1) is 18.0. The topological polar surface area (TPSA) is 79.5 Å². The molecule has 0 saturated heterocycles. The average molecular weight is 304 g/mol. The molecule has 0 aromatic heterocycles. The first-order chi connectivity index (χ1) is 10.4. The lowest BCUT2D eigenvalue weighted by Crippen LogP contribution is -2.37. The lowest BCUT2D eigenvalue weighted by Gasteiger charge is -2.21. The van der Waals surface area contributed by atoms with Gasteiger partial charge >= 0.3 is 0 Å². The van der Waals surface area contributed by atoms with Gasteiger partial charge in [0.05, 0.1) is 12.0 Å². The molecule has 5 heteroatoms.